The number of benzene rings is 1. The SMILES string of the molecule is CC(C)C(CNC1CC1)Oc1cc(Br)ccc1Cl. The molecule has 18 heavy (non-hydrogen) atoms. The monoisotopic (exact) mass is 331 g/mol. The Kier molecular flexibility index (Phi) is 4.93. The Labute approximate surface area is 122 Å². The van der Waals surface area contributed by atoms with E-state index >= 15 is 0 Å². The molecule has 1 N–H and O–H groups in total. The second kappa shape index (κ2) is 6.27. The maximum Gasteiger partial charge on any atom is 0.139 e. The molecule has 0 radical (unpaired) electrons. The molecule has 1 aromatic rings. The lowest BCUT2D eigenvalue weighted by molar-refractivity contribution is 0.148. The van der Waals surface area contributed by atoms with Gasteiger partial charge in [-0.05, 0) is 37.0 Å². The molecule has 4 heteroatoms. The first kappa shape index (κ1) is 14.2. The number of halogens is 2. The van der Waals surface area contributed by atoms with Crippen LogP contribution in [0.2, 0.25) is 5.02 Å². The van der Waals surface area contributed by atoms with E-state index in [2.05, 4.69) is 35.1 Å². The molecule has 0 amide bonds. The topological polar surface area (TPSA) is 21.3 Å². The third-order valence-electron chi connectivity index (χ3n) is 3.10. The fourth-order valence-electron chi connectivity index (χ4n) is 1.71. The quantitative estimate of drug-likeness (QED) is 0.840. The summed E-state index contributed by atoms with van der Waals surface area (Å²) >= 11 is 9.60. The van der Waals surface area contributed by atoms with Gasteiger partial charge in [-0.2, -0.15) is 0 Å². The maximum absolute atomic E-state index is 6.15. The number of hydrogen-bond acceptors (Lipinski definition) is 2. The van der Waals surface area contributed by atoms with Crippen molar-refractivity contribution in [2.45, 2.75) is 38.8 Å². The molecule has 0 heterocycles. The summed E-state index contributed by atoms with van der Waals surface area (Å²) in [5.74, 6) is 1.20. The minimum absolute atomic E-state index is 0.150. The summed E-state index contributed by atoms with van der Waals surface area (Å²) in [6.45, 7) is 5.22. The Bertz CT molecular complexity index is 407. The van der Waals surface area contributed by atoms with Crippen molar-refractivity contribution in [1.29, 1.82) is 0 Å². The highest BCUT2D eigenvalue weighted by Crippen LogP contribution is 2.30. The molecule has 0 aliphatic heterocycles. The van der Waals surface area contributed by atoms with Crippen LogP contribution in [0.4, 0.5) is 0 Å². The first-order valence-corrected chi connectivity index (χ1v) is 7.58. The Morgan fingerprint density at radius 2 is 2.17 bits per heavy atom. The Balaban J connectivity index is 1.99. The van der Waals surface area contributed by atoms with Gasteiger partial charge < -0.3 is 10.1 Å². The van der Waals surface area contributed by atoms with Gasteiger partial charge in [0.05, 0.1) is 5.02 Å². The first-order valence-electron chi connectivity index (χ1n) is 6.41. The van der Waals surface area contributed by atoms with Crippen LogP contribution in [0.5, 0.6) is 5.75 Å². The summed E-state index contributed by atoms with van der Waals surface area (Å²) in [6, 6.07) is 6.40. The Hall–Kier alpha value is -0.250. The van der Waals surface area contributed by atoms with Gasteiger partial charge in [0.15, 0.2) is 0 Å². The van der Waals surface area contributed by atoms with Crippen molar-refractivity contribution in [3.63, 3.8) is 0 Å². The summed E-state index contributed by atoms with van der Waals surface area (Å²) in [4.78, 5) is 0. The van der Waals surface area contributed by atoms with Crippen LogP contribution in [0.1, 0.15) is 26.7 Å². The minimum atomic E-state index is 0.150. The van der Waals surface area contributed by atoms with Crippen LogP contribution >= 0.6 is 27.5 Å². The van der Waals surface area contributed by atoms with E-state index in [0.717, 1.165) is 16.8 Å². The van der Waals surface area contributed by atoms with Crippen molar-refractivity contribution < 1.29 is 4.74 Å². The number of rotatable bonds is 6. The lowest BCUT2D eigenvalue weighted by atomic mass is 10.1. The third kappa shape index (κ3) is 4.15. The van der Waals surface area contributed by atoms with Crippen molar-refractivity contribution >= 4 is 27.5 Å². The first-order chi connectivity index (χ1) is 8.56. The Morgan fingerprint density at radius 3 is 2.78 bits per heavy atom. The molecule has 1 fully saturated rings. The van der Waals surface area contributed by atoms with Crippen LogP contribution in [0.3, 0.4) is 0 Å². The predicted molar refractivity (Wildman–Crippen MR) is 79.4 cm³/mol. The highest BCUT2D eigenvalue weighted by Gasteiger charge is 2.24. The summed E-state index contributed by atoms with van der Waals surface area (Å²) in [5, 5.41) is 4.17. The van der Waals surface area contributed by atoms with Gasteiger partial charge in [-0.1, -0.05) is 41.4 Å². The molecule has 2 nitrogen and oxygen atoms in total. The normalized spacial score (nSPS) is 16.9. The van der Waals surface area contributed by atoms with Crippen LogP contribution in [0.15, 0.2) is 22.7 Å². The third-order valence-corrected chi connectivity index (χ3v) is 3.91. The highest BCUT2D eigenvalue weighted by molar-refractivity contribution is 9.10. The molecule has 0 saturated heterocycles. The van der Waals surface area contributed by atoms with Crippen molar-refractivity contribution in [1.82, 2.24) is 5.32 Å². The van der Waals surface area contributed by atoms with Crippen LogP contribution < -0.4 is 10.1 Å². The summed E-state index contributed by atoms with van der Waals surface area (Å²) in [6.07, 6.45) is 2.74. The van der Waals surface area contributed by atoms with Gasteiger partial charge in [0, 0.05) is 17.1 Å². The molecule has 100 valence electrons. The standard InChI is InChI=1S/C14H19BrClNO/c1-9(2)14(8-17-11-4-5-11)18-13-7-10(15)3-6-12(13)16/h3,6-7,9,11,14,17H,4-5,8H2,1-2H3. The van der Waals surface area contributed by atoms with Crippen LogP contribution in [0, 0.1) is 5.92 Å². The minimum Gasteiger partial charge on any atom is -0.487 e. The van der Waals surface area contributed by atoms with Gasteiger partial charge in [0.25, 0.3) is 0 Å². The molecular formula is C14H19BrClNO. The molecule has 1 unspecified atom stereocenters. The second-order valence-electron chi connectivity index (χ2n) is 5.16. The van der Waals surface area contributed by atoms with E-state index in [9.17, 15) is 0 Å². The molecule has 0 aromatic heterocycles. The zero-order valence-electron chi connectivity index (χ0n) is 10.7. The second-order valence-corrected chi connectivity index (χ2v) is 6.48. The number of nitrogens with one attached hydrogen (secondary N) is 1. The van der Waals surface area contributed by atoms with Crippen molar-refractivity contribution in [3.05, 3.63) is 27.7 Å². The summed E-state index contributed by atoms with van der Waals surface area (Å²) in [5.41, 5.74) is 0. The van der Waals surface area contributed by atoms with E-state index in [-0.39, 0.29) is 6.10 Å². The van der Waals surface area contributed by atoms with Crippen LogP contribution in [0.25, 0.3) is 0 Å². The van der Waals surface area contributed by atoms with Gasteiger partial charge in [-0.3, -0.25) is 0 Å². The van der Waals surface area contributed by atoms with Gasteiger partial charge in [-0.15, -0.1) is 0 Å². The zero-order chi connectivity index (χ0) is 13.1. The largest absolute Gasteiger partial charge is 0.487 e. The van der Waals surface area contributed by atoms with Gasteiger partial charge in [0.1, 0.15) is 11.9 Å². The van der Waals surface area contributed by atoms with Gasteiger partial charge in [0.2, 0.25) is 0 Å². The van der Waals surface area contributed by atoms with Gasteiger partial charge in [-0.25, -0.2) is 0 Å². The average Bonchev–Trinajstić information content (AvgIpc) is 3.12. The molecule has 1 saturated carbocycles. The average molecular weight is 333 g/mol. The fraction of sp³-hybridized carbons (Fsp3) is 0.571. The fourth-order valence-corrected chi connectivity index (χ4v) is 2.22. The molecule has 2 rings (SSSR count). The molecule has 1 atom stereocenters. The van der Waals surface area contributed by atoms with E-state index in [1.807, 2.05) is 18.2 Å². The van der Waals surface area contributed by atoms with Crippen molar-refractivity contribution in [3.8, 4) is 5.75 Å². The van der Waals surface area contributed by atoms with E-state index in [4.69, 9.17) is 16.3 Å². The molecule has 1 aliphatic carbocycles. The summed E-state index contributed by atoms with van der Waals surface area (Å²) in [7, 11) is 0. The molecular weight excluding hydrogens is 314 g/mol. The summed E-state index contributed by atoms with van der Waals surface area (Å²) < 4.78 is 7.03. The van der Waals surface area contributed by atoms with E-state index in [0.29, 0.717) is 17.0 Å². The van der Waals surface area contributed by atoms with E-state index in [1.54, 1.807) is 0 Å². The molecule has 1 aromatic carbocycles. The van der Waals surface area contributed by atoms with Crippen LogP contribution in [-0.4, -0.2) is 18.7 Å². The lowest BCUT2D eigenvalue weighted by Crippen LogP contribution is -2.36. The van der Waals surface area contributed by atoms with Crippen molar-refractivity contribution in [2.24, 2.45) is 5.92 Å². The van der Waals surface area contributed by atoms with E-state index in [1.165, 1.54) is 12.8 Å². The Morgan fingerprint density at radius 1 is 1.44 bits per heavy atom. The lowest BCUT2D eigenvalue weighted by Gasteiger charge is -2.23. The maximum atomic E-state index is 6.15. The molecule has 0 spiro atoms. The van der Waals surface area contributed by atoms with Crippen molar-refractivity contribution in [2.75, 3.05) is 6.54 Å². The van der Waals surface area contributed by atoms with Crippen LogP contribution in [-0.2, 0) is 0 Å². The molecule has 0 bridgehead atoms. The number of hydrogen-bond donors (Lipinski definition) is 1. The van der Waals surface area contributed by atoms with Gasteiger partial charge >= 0.3 is 0 Å². The molecule has 1 aliphatic rings. The van der Waals surface area contributed by atoms with E-state index < -0.39 is 0 Å². The zero-order valence-corrected chi connectivity index (χ0v) is 13.1. The highest BCUT2D eigenvalue weighted by atomic mass is 79.9. The number of ether oxygens (including phenoxy) is 1. The predicted octanol–water partition coefficient (Wildman–Crippen LogP) is 4.26. The smallest absolute Gasteiger partial charge is 0.139 e.